The van der Waals surface area contributed by atoms with Gasteiger partial charge in [0.15, 0.2) is 5.96 Å². The van der Waals surface area contributed by atoms with Crippen LogP contribution in [0.2, 0.25) is 0 Å². The van der Waals surface area contributed by atoms with Crippen molar-refractivity contribution in [2.24, 2.45) is 16.8 Å². The quantitative estimate of drug-likeness (QED) is 0.410. The number of pyridine rings is 1. The number of rotatable bonds is 4. The largest absolute Gasteiger partial charge is 0.357 e. The van der Waals surface area contributed by atoms with Gasteiger partial charge in [0.1, 0.15) is 5.65 Å². The maximum atomic E-state index is 4.92. The number of hydrogen-bond donors (Lipinski definition) is 1. The fraction of sp³-hybridized carbons (Fsp3) is 0.619. The van der Waals surface area contributed by atoms with E-state index in [0.717, 1.165) is 48.6 Å². The van der Waals surface area contributed by atoms with E-state index in [9.17, 15) is 0 Å². The second kappa shape index (κ2) is 9.26. The Morgan fingerprint density at radius 2 is 2.00 bits per heavy atom. The smallest absolute Gasteiger partial charge is 0.193 e. The number of likely N-dealkylation sites (tertiary alicyclic amines) is 1. The molecule has 148 valence electrons. The molecule has 0 bridgehead atoms. The van der Waals surface area contributed by atoms with Crippen LogP contribution in [0.3, 0.4) is 0 Å². The van der Waals surface area contributed by atoms with Crippen LogP contribution in [0.4, 0.5) is 0 Å². The summed E-state index contributed by atoms with van der Waals surface area (Å²) in [4.78, 5) is 12.2. The summed E-state index contributed by atoms with van der Waals surface area (Å²) in [5.41, 5.74) is 3.39. The Hall–Kier alpha value is -1.31. The van der Waals surface area contributed by atoms with Gasteiger partial charge in [0.05, 0.1) is 5.69 Å². The van der Waals surface area contributed by atoms with Gasteiger partial charge in [-0.05, 0) is 50.2 Å². The van der Waals surface area contributed by atoms with E-state index in [1.54, 1.807) is 0 Å². The average Bonchev–Trinajstić information content (AvgIpc) is 3.25. The summed E-state index contributed by atoms with van der Waals surface area (Å²) in [6.07, 6.45) is 10.7. The fourth-order valence-corrected chi connectivity index (χ4v) is 4.61. The molecule has 2 aromatic rings. The first-order valence-corrected chi connectivity index (χ1v) is 10.2. The molecule has 3 heterocycles. The van der Waals surface area contributed by atoms with Crippen LogP contribution < -0.4 is 5.32 Å². The Morgan fingerprint density at radius 3 is 2.67 bits per heavy atom. The lowest BCUT2D eigenvalue weighted by atomic mass is 9.82. The van der Waals surface area contributed by atoms with Crippen LogP contribution in [-0.4, -0.2) is 46.4 Å². The van der Waals surface area contributed by atoms with Crippen molar-refractivity contribution in [1.29, 1.82) is 0 Å². The number of nitrogens with zero attached hydrogens (tertiary/aromatic N) is 4. The van der Waals surface area contributed by atoms with Crippen LogP contribution in [0, 0.1) is 18.8 Å². The molecular formula is C21H32IN5. The van der Waals surface area contributed by atoms with Gasteiger partial charge in [0, 0.05) is 45.0 Å². The molecule has 4 rings (SSSR count). The number of imidazole rings is 1. The summed E-state index contributed by atoms with van der Waals surface area (Å²) in [6.45, 7) is 8.35. The van der Waals surface area contributed by atoms with Gasteiger partial charge in [-0.25, -0.2) is 4.98 Å². The Labute approximate surface area is 179 Å². The molecule has 5 nitrogen and oxygen atoms in total. The highest BCUT2D eigenvalue weighted by molar-refractivity contribution is 14.0. The lowest BCUT2D eigenvalue weighted by molar-refractivity contribution is 0.299. The van der Waals surface area contributed by atoms with Gasteiger partial charge in [0.25, 0.3) is 0 Å². The normalized spacial score (nSPS) is 22.6. The van der Waals surface area contributed by atoms with Crippen molar-refractivity contribution in [3.05, 3.63) is 35.8 Å². The summed E-state index contributed by atoms with van der Waals surface area (Å²) in [5.74, 6) is 2.87. The van der Waals surface area contributed by atoms with Crippen molar-refractivity contribution in [2.45, 2.75) is 46.0 Å². The third kappa shape index (κ3) is 4.58. The van der Waals surface area contributed by atoms with E-state index in [1.807, 2.05) is 0 Å². The molecule has 6 heteroatoms. The third-order valence-electron chi connectivity index (χ3n) is 5.97. The molecule has 0 aromatic carbocycles. The molecule has 1 N–H and O–H groups in total. The summed E-state index contributed by atoms with van der Waals surface area (Å²) >= 11 is 0. The van der Waals surface area contributed by atoms with E-state index < -0.39 is 0 Å². The average molecular weight is 481 g/mol. The van der Waals surface area contributed by atoms with E-state index >= 15 is 0 Å². The van der Waals surface area contributed by atoms with Crippen molar-refractivity contribution in [1.82, 2.24) is 19.6 Å². The van der Waals surface area contributed by atoms with E-state index in [4.69, 9.17) is 9.98 Å². The van der Waals surface area contributed by atoms with Gasteiger partial charge in [-0.2, -0.15) is 0 Å². The molecule has 0 radical (unpaired) electrons. The van der Waals surface area contributed by atoms with Gasteiger partial charge in [0.2, 0.25) is 0 Å². The number of hydrogen-bond acceptors (Lipinski definition) is 2. The molecule has 0 spiro atoms. The minimum atomic E-state index is 0. The van der Waals surface area contributed by atoms with Crippen molar-refractivity contribution >= 4 is 35.6 Å². The molecule has 2 aliphatic rings. The highest BCUT2D eigenvalue weighted by Gasteiger charge is 2.35. The number of aryl methyl sites for hydroxylation is 1. The van der Waals surface area contributed by atoms with Crippen LogP contribution in [0.5, 0.6) is 0 Å². The SMILES string of the molecule is CCNC(=NCCc1cn2cccc(C)c2n1)N1CC2CCCCC2C1.I. The van der Waals surface area contributed by atoms with Crippen molar-refractivity contribution < 1.29 is 0 Å². The predicted octanol–water partition coefficient (Wildman–Crippen LogP) is 3.89. The highest BCUT2D eigenvalue weighted by Crippen LogP contribution is 2.35. The van der Waals surface area contributed by atoms with Gasteiger partial charge in [-0.3, -0.25) is 4.99 Å². The van der Waals surface area contributed by atoms with Gasteiger partial charge in [-0.1, -0.05) is 18.9 Å². The van der Waals surface area contributed by atoms with E-state index in [1.165, 1.54) is 44.3 Å². The van der Waals surface area contributed by atoms with E-state index in [0.29, 0.717) is 0 Å². The molecule has 2 fully saturated rings. The summed E-state index contributed by atoms with van der Waals surface area (Å²) in [5, 5.41) is 3.51. The van der Waals surface area contributed by atoms with Crippen molar-refractivity contribution in [3.63, 3.8) is 0 Å². The number of guanidine groups is 1. The molecule has 27 heavy (non-hydrogen) atoms. The van der Waals surface area contributed by atoms with Crippen LogP contribution in [0.1, 0.15) is 43.9 Å². The first-order chi connectivity index (χ1) is 12.7. The summed E-state index contributed by atoms with van der Waals surface area (Å²) in [6, 6.07) is 4.18. The Bertz CT molecular complexity index is 770. The second-order valence-corrected chi connectivity index (χ2v) is 7.85. The maximum Gasteiger partial charge on any atom is 0.193 e. The summed E-state index contributed by atoms with van der Waals surface area (Å²) in [7, 11) is 0. The number of aliphatic imine (C=N–C) groups is 1. The van der Waals surface area contributed by atoms with E-state index in [-0.39, 0.29) is 24.0 Å². The molecule has 2 atom stereocenters. The minimum absolute atomic E-state index is 0. The van der Waals surface area contributed by atoms with Gasteiger partial charge < -0.3 is 14.6 Å². The topological polar surface area (TPSA) is 44.9 Å². The Kier molecular flexibility index (Phi) is 7.00. The first-order valence-electron chi connectivity index (χ1n) is 10.2. The standard InChI is InChI=1S/C21H31N5.HI/c1-3-22-21(26-13-17-8-4-5-9-18(17)14-26)23-11-10-19-15-25-12-6-7-16(2)20(25)24-19;/h6-7,12,15,17-18H,3-5,8-11,13-14H2,1-2H3,(H,22,23);1H. The Balaban J connectivity index is 0.00000210. The van der Waals surface area contributed by atoms with Crippen molar-refractivity contribution in [3.8, 4) is 0 Å². The molecule has 2 unspecified atom stereocenters. The van der Waals surface area contributed by atoms with Crippen molar-refractivity contribution in [2.75, 3.05) is 26.2 Å². The van der Waals surface area contributed by atoms with Gasteiger partial charge in [-0.15, -0.1) is 24.0 Å². The number of aromatic nitrogens is 2. The maximum absolute atomic E-state index is 4.92. The molecule has 1 saturated carbocycles. The molecule has 1 aliphatic carbocycles. The number of nitrogens with one attached hydrogen (secondary N) is 1. The lowest BCUT2D eigenvalue weighted by Gasteiger charge is -2.22. The van der Waals surface area contributed by atoms with Crippen LogP contribution in [-0.2, 0) is 6.42 Å². The summed E-state index contributed by atoms with van der Waals surface area (Å²) < 4.78 is 2.12. The second-order valence-electron chi connectivity index (χ2n) is 7.85. The molecule has 1 saturated heterocycles. The number of fused-ring (bicyclic) bond motifs is 2. The third-order valence-corrected chi connectivity index (χ3v) is 5.97. The van der Waals surface area contributed by atoms with Crippen LogP contribution in [0.15, 0.2) is 29.5 Å². The monoisotopic (exact) mass is 481 g/mol. The predicted molar refractivity (Wildman–Crippen MR) is 122 cm³/mol. The number of halogens is 1. The highest BCUT2D eigenvalue weighted by atomic mass is 127. The zero-order valence-corrected chi connectivity index (χ0v) is 18.9. The Morgan fingerprint density at radius 1 is 1.26 bits per heavy atom. The zero-order chi connectivity index (χ0) is 17.9. The van der Waals surface area contributed by atoms with Crippen LogP contribution in [0.25, 0.3) is 5.65 Å². The van der Waals surface area contributed by atoms with Crippen LogP contribution >= 0.6 is 24.0 Å². The zero-order valence-electron chi connectivity index (χ0n) is 16.5. The minimum Gasteiger partial charge on any atom is -0.357 e. The molecule has 1 aliphatic heterocycles. The first kappa shape index (κ1) is 20.4. The van der Waals surface area contributed by atoms with E-state index in [2.05, 4.69) is 53.0 Å². The fourth-order valence-electron chi connectivity index (χ4n) is 4.61. The van der Waals surface area contributed by atoms with Gasteiger partial charge >= 0.3 is 0 Å². The molecule has 0 amide bonds. The lowest BCUT2D eigenvalue weighted by Crippen LogP contribution is -2.40. The molecular weight excluding hydrogens is 449 g/mol. The molecule has 2 aromatic heterocycles.